The summed E-state index contributed by atoms with van der Waals surface area (Å²) in [7, 11) is 0. The first-order chi connectivity index (χ1) is 12.1. The molecule has 0 unspecified atom stereocenters. The molecule has 132 valence electrons. The van der Waals surface area contributed by atoms with E-state index in [9.17, 15) is 9.59 Å². The molecule has 0 saturated heterocycles. The van der Waals surface area contributed by atoms with Gasteiger partial charge in [-0.05, 0) is 42.9 Å². The van der Waals surface area contributed by atoms with Gasteiger partial charge in [0.05, 0.1) is 11.6 Å². The molecule has 0 heterocycles. The third-order valence-corrected chi connectivity index (χ3v) is 4.89. The number of allylic oxidation sites excluding steroid dienone is 1. The maximum absolute atomic E-state index is 12.1. The van der Waals surface area contributed by atoms with Gasteiger partial charge < -0.3 is 5.11 Å². The van der Waals surface area contributed by atoms with E-state index in [0.29, 0.717) is 23.7 Å². The van der Waals surface area contributed by atoms with Crippen molar-refractivity contribution in [3.63, 3.8) is 0 Å². The minimum atomic E-state index is -0.737. The van der Waals surface area contributed by atoms with Gasteiger partial charge in [-0.3, -0.25) is 9.59 Å². The van der Waals surface area contributed by atoms with E-state index in [0.717, 1.165) is 44.1 Å². The molecule has 0 aromatic heterocycles. The summed E-state index contributed by atoms with van der Waals surface area (Å²) < 4.78 is 0. The molecule has 1 fully saturated rings. The average Bonchev–Trinajstić information content (AvgIpc) is 2.96. The second kappa shape index (κ2) is 9.78. The monoisotopic (exact) mass is 339 g/mol. The lowest BCUT2D eigenvalue weighted by molar-refractivity contribution is -0.137. The standard InChI is InChI=1S/C21H25NO3/c22-15-17-9-7-16(8-10-17)11-12-18-13-14-20(23)19(18)5-3-1-2-4-6-21(24)25/h7-12,18-19H,1-6,13-14H2,(H,24,25)/t18-,19+/m1/s1. The van der Waals surface area contributed by atoms with E-state index < -0.39 is 5.97 Å². The second-order valence-electron chi connectivity index (χ2n) is 6.71. The minimum Gasteiger partial charge on any atom is -0.481 e. The van der Waals surface area contributed by atoms with Gasteiger partial charge in [-0.1, -0.05) is 43.5 Å². The van der Waals surface area contributed by atoms with Gasteiger partial charge in [0.25, 0.3) is 0 Å². The van der Waals surface area contributed by atoms with Crippen molar-refractivity contribution in [3.8, 4) is 6.07 Å². The Kier molecular flexibility index (Phi) is 7.40. The number of ketones is 1. The van der Waals surface area contributed by atoms with Crippen LogP contribution < -0.4 is 0 Å². The summed E-state index contributed by atoms with van der Waals surface area (Å²) in [4.78, 5) is 22.6. The van der Waals surface area contributed by atoms with Gasteiger partial charge >= 0.3 is 5.97 Å². The third kappa shape index (κ3) is 6.19. The quantitative estimate of drug-likeness (QED) is 0.667. The van der Waals surface area contributed by atoms with Crippen molar-refractivity contribution >= 4 is 17.8 Å². The number of aliphatic carboxylic acids is 1. The Bertz CT molecular complexity index is 655. The van der Waals surface area contributed by atoms with Gasteiger partial charge in [0.1, 0.15) is 5.78 Å². The number of nitrogens with zero attached hydrogens (tertiary/aromatic N) is 1. The molecule has 1 saturated carbocycles. The van der Waals surface area contributed by atoms with E-state index in [1.54, 1.807) is 12.1 Å². The zero-order chi connectivity index (χ0) is 18.1. The van der Waals surface area contributed by atoms with Crippen LogP contribution in [0.25, 0.3) is 6.08 Å². The molecule has 1 aromatic carbocycles. The van der Waals surface area contributed by atoms with Crippen LogP contribution in [0.15, 0.2) is 30.3 Å². The van der Waals surface area contributed by atoms with E-state index in [2.05, 4.69) is 12.1 Å². The van der Waals surface area contributed by atoms with E-state index in [4.69, 9.17) is 10.4 Å². The largest absolute Gasteiger partial charge is 0.481 e. The number of carbonyl (C=O) groups excluding carboxylic acids is 1. The summed E-state index contributed by atoms with van der Waals surface area (Å²) in [5.41, 5.74) is 1.69. The summed E-state index contributed by atoms with van der Waals surface area (Å²) in [5.74, 6) is 0.0234. The zero-order valence-corrected chi connectivity index (χ0v) is 14.5. The summed E-state index contributed by atoms with van der Waals surface area (Å²) in [6, 6.07) is 9.55. The SMILES string of the molecule is N#Cc1ccc(C=C[C@@H]2CCC(=O)[C@H]2CCCCCCC(=O)O)cc1. The average molecular weight is 339 g/mol. The summed E-state index contributed by atoms with van der Waals surface area (Å²) >= 11 is 0. The van der Waals surface area contributed by atoms with Crippen LogP contribution in [0.1, 0.15) is 62.5 Å². The molecule has 0 radical (unpaired) electrons. The molecule has 0 bridgehead atoms. The molecule has 4 heteroatoms. The number of unbranched alkanes of at least 4 members (excludes halogenated alkanes) is 3. The van der Waals surface area contributed by atoms with Gasteiger partial charge in [0.2, 0.25) is 0 Å². The van der Waals surface area contributed by atoms with Gasteiger partial charge in [0, 0.05) is 18.8 Å². The molecular weight excluding hydrogens is 314 g/mol. The molecule has 4 nitrogen and oxygen atoms in total. The number of hydrogen-bond donors (Lipinski definition) is 1. The molecular formula is C21H25NO3. The zero-order valence-electron chi connectivity index (χ0n) is 14.5. The Balaban J connectivity index is 1.80. The van der Waals surface area contributed by atoms with E-state index in [1.807, 2.05) is 18.2 Å². The van der Waals surface area contributed by atoms with Crippen LogP contribution in [-0.2, 0) is 9.59 Å². The molecule has 2 atom stereocenters. The van der Waals surface area contributed by atoms with Crippen molar-refractivity contribution in [1.82, 2.24) is 0 Å². The normalized spacial score (nSPS) is 20.0. The minimum absolute atomic E-state index is 0.106. The molecule has 1 aromatic rings. The van der Waals surface area contributed by atoms with Crippen LogP contribution in [0.4, 0.5) is 0 Å². The first-order valence-electron chi connectivity index (χ1n) is 9.03. The predicted octanol–water partition coefficient (Wildman–Crippen LogP) is 4.59. The van der Waals surface area contributed by atoms with Crippen LogP contribution in [0.5, 0.6) is 0 Å². The fourth-order valence-corrected chi connectivity index (χ4v) is 3.44. The van der Waals surface area contributed by atoms with Gasteiger partial charge in [-0.25, -0.2) is 0 Å². The topological polar surface area (TPSA) is 78.2 Å². The van der Waals surface area contributed by atoms with E-state index in [1.165, 1.54) is 0 Å². The van der Waals surface area contributed by atoms with Gasteiger partial charge in [0.15, 0.2) is 0 Å². The molecule has 0 spiro atoms. The Hall–Kier alpha value is -2.41. The lowest BCUT2D eigenvalue weighted by Crippen LogP contribution is -2.13. The number of nitriles is 1. The number of carboxylic acid groups (broad SMARTS) is 1. The Labute approximate surface area is 149 Å². The van der Waals surface area contributed by atoms with Crippen molar-refractivity contribution in [2.75, 3.05) is 0 Å². The van der Waals surface area contributed by atoms with Crippen molar-refractivity contribution in [2.45, 2.75) is 51.4 Å². The highest BCUT2D eigenvalue weighted by molar-refractivity contribution is 5.84. The van der Waals surface area contributed by atoms with Crippen LogP contribution in [0.2, 0.25) is 0 Å². The molecule has 0 amide bonds. The number of benzene rings is 1. The Morgan fingerprint density at radius 3 is 2.60 bits per heavy atom. The van der Waals surface area contributed by atoms with Gasteiger partial charge in [-0.2, -0.15) is 5.26 Å². The lowest BCUT2D eigenvalue weighted by Gasteiger charge is -2.14. The predicted molar refractivity (Wildman–Crippen MR) is 96.7 cm³/mol. The highest BCUT2D eigenvalue weighted by atomic mass is 16.4. The number of carboxylic acids is 1. The van der Waals surface area contributed by atoms with Crippen molar-refractivity contribution < 1.29 is 14.7 Å². The summed E-state index contributed by atoms with van der Waals surface area (Å²) in [5, 5.41) is 17.5. The van der Waals surface area contributed by atoms with E-state index in [-0.39, 0.29) is 12.3 Å². The highest BCUT2D eigenvalue weighted by Crippen LogP contribution is 2.34. The summed E-state index contributed by atoms with van der Waals surface area (Å²) in [6.07, 6.45) is 10.5. The Morgan fingerprint density at radius 2 is 1.92 bits per heavy atom. The highest BCUT2D eigenvalue weighted by Gasteiger charge is 2.32. The molecule has 1 aliphatic carbocycles. The smallest absolute Gasteiger partial charge is 0.303 e. The first kappa shape index (κ1) is 18.9. The van der Waals surface area contributed by atoms with Crippen molar-refractivity contribution in [3.05, 3.63) is 41.5 Å². The third-order valence-electron chi connectivity index (χ3n) is 4.89. The number of Topliss-reactive ketones (excluding diaryl/α,β-unsaturated/α-hetero) is 1. The molecule has 1 N–H and O–H groups in total. The Morgan fingerprint density at radius 1 is 1.20 bits per heavy atom. The van der Waals surface area contributed by atoms with Gasteiger partial charge in [-0.15, -0.1) is 0 Å². The van der Waals surface area contributed by atoms with Crippen molar-refractivity contribution in [2.24, 2.45) is 11.8 Å². The number of carbonyl (C=O) groups is 2. The van der Waals surface area contributed by atoms with E-state index >= 15 is 0 Å². The molecule has 1 aliphatic rings. The van der Waals surface area contributed by atoms with Crippen LogP contribution in [-0.4, -0.2) is 16.9 Å². The maximum atomic E-state index is 12.1. The summed E-state index contributed by atoms with van der Waals surface area (Å²) in [6.45, 7) is 0. The first-order valence-corrected chi connectivity index (χ1v) is 9.03. The number of rotatable bonds is 9. The maximum Gasteiger partial charge on any atom is 0.303 e. The number of hydrogen-bond acceptors (Lipinski definition) is 3. The van der Waals surface area contributed by atoms with Crippen molar-refractivity contribution in [1.29, 1.82) is 5.26 Å². The fourth-order valence-electron chi connectivity index (χ4n) is 3.44. The van der Waals surface area contributed by atoms with Crippen LogP contribution in [0.3, 0.4) is 0 Å². The second-order valence-corrected chi connectivity index (χ2v) is 6.71. The van der Waals surface area contributed by atoms with Crippen LogP contribution in [0, 0.1) is 23.2 Å². The lowest BCUT2D eigenvalue weighted by atomic mass is 9.89. The molecule has 2 rings (SSSR count). The molecule has 25 heavy (non-hydrogen) atoms. The molecule has 0 aliphatic heterocycles. The van der Waals surface area contributed by atoms with Crippen LogP contribution >= 0.6 is 0 Å². The fraction of sp³-hybridized carbons (Fsp3) is 0.476.